The number of aryl methyl sites for hydroxylation is 1. The van der Waals surface area contributed by atoms with Gasteiger partial charge in [-0.3, -0.25) is 0 Å². The van der Waals surface area contributed by atoms with Crippen molar-refractivity contribution in [2.75, 3.05) is 0 Å². The highest BCUT2D eigenvalue weighted by Crippen LogP contribution is 2.55. The van der Waals surface area contributed by atoms with Crippen molar-refractivity contribution >= 4 is 18.4 Å². The fourth-order valence-electron chi connectivity index (χ4n) is 5.99. The van der Waals surface area contributed by atoms with E-state index in [2.05, 4.69) is 91.9 Å². The predicted molar refractivity (Wildman–Crippen MR) is 119 cm³/mol. The summed E-state index contributed by atoms with van der Waals surface area (Å²) in [5.74, 6) is 1.25. The molecule has 2 aliphatic rings. The molecule has 1 aliphatic carbocycles. The van der Waals surface area contributed by atoms with Crippen LogP contribution in [0, 0.1) is 18.8 Å². The van der Waals surface area contributed by atoms with Crippen molar-refractivity contribution in [3.8, 4) is 0 Å². The Hall–Kier alpha value is -2.16. The van der Waals surface area contributed by atoms with Gasteiger partial charge in [0.1, 0.15) is 8.07 Å². The molecule has 1 saturated carbocycles. The van der Waals surface area contributed by atoms with Gasteiger partial charge >= 0.3 is 0 Å². The molecule has 1 aliphatic heterocycles. The lowest BCUT2D eigenvalue weighted by Crippen LogP contribution is -2.56. The van der Waals surface area contributed by atoms with Gasteiger partial charge in [0, 0.05) is 0 Å². The van der Waals surface area contributed by atoms with E-state index in [1.54, 1.807) is 10.4 Å². The lowest BCUT2D eigenvalue weighted by atomic mass is 9.90. The van der Waals surface area contributed by atoms with Crippen LogP contribution in [0.4, 0.5) is 0 Å². The molecule has 2 fully saturated rings. The molecule has 142 valence electrons. The van der Waals surface area contributed by atoms with Gasteiger partial charge in [-0.05, 0) is 49.3 Å². The second kappa shape index (κ2) is 6.72. The zero-order chi connectivity index (χ0) is 19.2. The van der Waals surface area contributed by atoms with Gasteiger partial charge in [0.2, 0.25) is 0 Å². The minimum absolute atomic E-state index is 0.624. The minimum atomic E-state index is -1.76. The van der Waals surface area contributed by atoms with Crippen molar-refractivity contribution in [1.29, 1.82) is 0 Å². The summed E-state index contributed by atoms with van der Waals surface area (Å²) in [6.45, 7) is 2.11. The molecule has 5 rings (SSSR count). The molecule has 28 heavy (non-hydrogen) atoms. The van der Waals surface area contributed by atoms with Crippen LogP contribution in [0.3, 0.4) is 0 Å². The van der Waals surface area contributed by atoms with Crippen LogP contribution in [-0.4, -0.2) is 13.2 Å². The van der Waals surface area contributed by atoms with E-state index < -0.39 is 13.7 Å². The van der Waals surface area contributed by atoms with Gasteiger partial charge in [-0.15, -0.1) is 0 Å². The van der Waals surface area contributed by atoms with Gasteiger partial charge in [-0.2, -0.15) is 0 Å². The normalized spacial score (nSPS) is 24.8. The number of fused-ring (bicyclic) bond motifs is 1. The zero-order valence-corrected chi connectivity index (χ0v) is 17.5. The number of benzene rings is 3. The quantitative estimate of drug-likeness (QED) is 0.660. The molecular weight excluding hydrogens is 356 g/mol. The fraction of sp³-hybridized carbons (Fsp3) is 0.308. The van der Waals surface area contributed by atoms with Gasteiger partial charge in [-0.25, -0.2) is 0 Å². The maximum atomic E-state index is 11.5. The van der Waals surface area contributed by atoms with Gasteiger partial charge in [0.15, 0.2) is 0 Å². The summed E-state index contributed by atoms with van der Waals surface area (Å²) in [4.78, 5) is 0. The van der Waals surface area contributed by atoms with E-state index >= 15 is 0 Å². The molecule has 2 heteroatoms. The zero-order valence-electron chi connectivity index (χ0n) is 16.5. The molecule has 1 saturated heterocycles. The van der Waals surface area contributed by atoms with Crippen LogP contribution in [0.25, 0.3) is 0 Å². The Labute approximate surface area is 169 Å². The summed E-state index contributed by atoms with van der Waals surface area (Å²) in [5.41, 5.74) is 1.72. The monoisotopic (exact) mass is 384 g/mol. The average molecular weight is 385 g/mol. The van der Waals surface area contributed by atoms with Crippen LogP contribution in [0.1, 0.15) is 24.0 Å². The van der Waals surface area contributed by atoms with Crippen molar-refractivity contribution in [1.82, 2.24) is 0 Å². The Morgan fingerprint density at radius 2 is 1.18 bits per heavy atom. The molecule has 0 spiro atoms. The van der Waals surface area contributed by atoms with Crippen molar-refractivity contribution < 1.29 is 5.11 Å². The largest absolute Gasteiger partial charge is 0.385 e. The number of aliphatic hydroxyl groups is 1. The predicted octanol–water partition coefficient (Wildman–Crippen LogP) is 4.49. The number of hydrogen-bond donors (Lipinski definition) is 1. The highest BCUT2D eigenvalue weighted by Gasteiger charge is 2.56. The summed E-state index contributed by atoms with van der Waals surface area (Å²) in [6.07, 6.45) is 1.82. The van der Waals surface area contributed by atoms with Gasteiger partial charge < -0.3 is 5.11 Å². The molecular formula is C26H28OSi. The lowest BCUT2D eigenvalue weighted by molar-refractivity contribution is 0.0378. The lowest BCUT2D eigenvalue weighted by Gasteiger charge is -2.32. The van der Waals surface area contributed by atoms with Crippen LogP contribution >= 0.6 is 0 Å². The van der Waals surface area contributed by atoms with Crippen LogP contribution in [0.2, 0.25) is 12.1 Å². The standard InChI is InChI=1S/C26H28OSi/c1-20-12-14-23(15-13-20)26(27)16-21-18-28(19-22(21)17-26,24-8-4-2-5-9-24)25-10-6-3-7-11-25/h2-15,21-22,27H,16-19H2,1H3/t21-,22-/m0/s1. The van der Waals surface area contributed by atoms with Crippen molar-refractivity contribution in [3.63, 3.8) is 0 Å². The van der Waals surface area contributed by atoms with Crippen LogP contribution < -0.4 is 10.4 Å². The SMILES string of the molecule is Cc1ccc(C2(O)C[C@H]3C[Si](c4ccccc4)(c4ccccc4)C[C@@H]3C2)cc1. The summed E-state index contributed by atoms with van der Waals surface area (Å²) in [5, 5.41) is 14.6. The van der Waals surface area contributed by atoms with Crippen molar-refractivity contribution in [2.24, 2.45) is 11.8 Å². The molecule has 1 nitrogen and oxygen atoms in total. The van der Waals surface area contributed by atoms with Crippen LogP contribution in [0.15, 0.2) is 84.9 Å². The molecule has 0 aromatic heterocycles. The van der Waals surface area contributed by atoms with E-state index in [0.29, 0.717) is 11.8 Å². The van der Waals surface area contributed by atoms with Gasteiger partial charge in [0.05, 0.1) is 5.60 Å². The first-order chi connectivity index (χ1) is 13.6. The van der Waals surface area contributed by atoms with E-state index in [1.165, 1.54) is 17.7 Å². The Morgan fingerprint density at radius 3 is 1.64 bits per heavy atom. The molecule has 3 aromatic carbocycles. The minimum Gasteiger partial charge on any atom is -0.385 e. The third kappa shape index (κ3) is 2.87. The van der Waals surface area contributed by atoms with E-state index in [0.717, 1.165) is 18.4 Å². The fourth-order valence-corrected chi connectivity index (χ4v) is 11.8. The Kier molecular flexibility index (Phi) is 4.29. The maximum absolute atomic E-state index is 11.5. The van der Waals surface area contributed by atoms with E-state index in [4.69, 9.17) is 0 Å². The molecule has 2 atom stereocenters. The molecule has 0 unspecified atom stereocenters. The first-order valence-electron chi connectivity index (χ1n) is 10.5. The molecule has 1 heterocycles. The third-order valence-electron chi connectivity index (χ3n) is 7.33. The van der Waals surface area contributed by atoms with Crippen LogP contribution in [0.5, 0.6) is 0 Å². The van der Waals surface area contributed by atoms with E-state index in [9.17, 15) is 5.11 Å². The Balaban J connectivity index is 1.49. The second-order valence-corrected chi connectivity index (χ2v) is 13.2. The summed E-state index contributed by atoms with van der Waals surface area (Å²) >= 11 is 0. The van der Waals surface area contributed by atoms with Gasteiger partial charge in [-0.1, -0.05) is 101 Å². The summed E-state index contributed by atoms with van der Waals surface area (Å²) < 4.78 is 0. The average Bonchev–Trinajstić information content (AvgIpc) is 3.23. The second-order valence-electron chi connectivity index (χ2n) is 9.05. The summed E-state index contributed by atoms with van der Waals surface area (Å²) in [6, 6.07) is 33.5. The first-order valence-corrected chi connectivity index (χ1v) is 12.9. The Bertz CT molecular complexity index is 893. The number of rotatable bonds is 3. The maximum Gasteiger partial charge on any atom is 0.118 e. The molecule has 0 amide bonds. The highest BCUT2D eigenvalue weighted by molar-refractivity contribution is 7.02. The third-order valence-corrected chi connectivity index (χ3v) is 12.6. The first kappa shape index (κ1) is 17.9. The topological polar surface area (TPSA) is 20.2 Å². The van der Waals surface area contributed by atoms with Crippen molar-refractivity contribution in [3.05, 3.63) is 96.1 Å². The Morgan fingerprint density at radius 1 is 0.714 bits per heavy atom. The van der Waals surface area contributed by atoms with E-state index in [1.807, 2.05) is 0 Å². The van der Waals surface area contributed by atoms with E-state index in [-0.39, 0.29) is 0 Å². The highest BCUT2D eigenvalue weighted by atomic mass is 28.3. The van der Waals surface area contributed by atoms with Gasteiger partial charge in [0.25, 0.3) is 0 Å². The molecule has 1 N–H and O–H groups in total. The molecule has 0 radical (unpaired) electrons. The number of hydrogen-bond acceptors (Lipinski definition) is 1. The van der Waals surface area contributed by atoms with Crippen LogP contribution in [-0.2, 0) is 5.60 Å². The molecule has 3 aromatic rings. The molecule has 0 bridgehead atoms. The summed E-state index contributed by atoms with van der Waals surface area (Å²) in [7, 11) is -1.76. The van der Waals surface area contributed by atoms with Crippen molar-refractivity contribution in [2.45, 2.75) is 37.5 Å². The smallest absolute Gasteiger partial charge is 0.118 e.